The van der Waals surface area contributed by atoms with Crippen LogP contribution in [0.3, 0.4) is 0 Å². The van der Waals surface area contributed by atoms with Crippen molar-refractivity contribution in [3.8, 4) is 0 Å². The minimum atomic E-state index is -0.831. The molecule has 14 heavy (non-hydrogen) atoms. The largest absolute Gasteiger partial charge is 0.354 e. The van der Waals surface area contributed by atoms with E-state index in [2.05, 4.69) is 8.37 Å². The van der Waals surface area contributed by atoms with Crippen LogP contribution in [0, 0.1) is 0 Å². The van der Waals surface area contributed by atoms with Crippen LogP contribution in [0.1, 0.15) is 19.3 Å². The molecule has 0 aliphatic carbocycles. The van der Waals surface area contributed by atoms with E-state index >= 15 is 0 Å². The lowest BCUT2D eigenvalue weighted by Crippen LogP contribution is -2.18. The Morgan fingerprint density at radius 3 is 1.64 bits per heavy atom. The maximum atomic E-state index is 10.9. The third kappa shape index (κ3) is 3.56. The molecule has 1 aliphatic rings. The minimum absolute atomic E-state index is 0.168. The molecule has 0 saturated carbocycles. The van der Waals surface area contributed by atoms with Crippen molar-refractivity contribution in [2.45, 2.75) is 19.3 Å². The fraction of sp³-hybridized carbons (Fsp3) is 0.429. The highest BCUT2D eigenvalue weighted by atomic mass is 32.2. The zero-order chi connectivity index (χ0) is 10.6. The molecule has 0 N–H and O–H groups in total. The van der Waals surface area contributed by atoms with E-state index in [-0.39, 0.29) is 12.3 Å². The van der Waals surface area contributed by atoms with Crippen LogP contribution in [-0.4, -0.2) is 23.5 Å². The normalized spacial score (nSPS) is 20.0. The van der Waals surface area contributed by atoms with Crippen molar-refractivity contribution in [3.63, 3.8) is 0 Å². The van der Waals surface area contributed by atoms with E-state index in [1.165, 1.54) is 0 Å². The molecule has 0 aromatic heterocycles. The summed E-state index contributed by atoms with van der Waals surface area (Å²) < 4.78 is 8.59. The van der Waals surface area contributed by atoms with Gasteiger partial charge in [0.2, 0.25) is 0 Å². The molecule has 6 nitrogen and oxygen atoms in total. The Kier molecular flexibility index (Phi) is 3.63. The molecular weight excluding hydrogens is 212 g/mol. The SMILES string of the molecule is O=C1CC(=O)CC(=O)OSOC(=O)C1. The van der Waals surface area contributed by atoms with Crippen molar-refractivity contribution in [1.29, 1.82) is 0 Å². The molecule has 7 heteroatoms. The summed E-state index contributed by atoms with van der Waals surface area (Å²) in [5.74, 6) is -2.78. The van der Waals surface area contributed by atoms with Crippen molar-refractivity contribution >= 4 is 35.8 Å². The standard InChI is InChI=1S/C7H6O6S/c8-4-1-5(9)3-7(11)13-14-12-6(10)2-4/h1-3H2. The fourth-order valence-corrected chi connectivity index (χ4v) is 1.12. The maximum Gasteiger partial charge on any atom is 0.328 e. The van der Waals surface area contributed by atoms with Gasteiger partial charge in [0.1, 0.15) is 12.8 Å². The lowest BCUT2D eigenvalue weighted by molar-refractivity contribution is -0.141. The minimum Gasteiger partial charge on any atom is -0.354 e. The third-order valence-electron chi connectivity index (χ3n) is 1.33. The van der Waals surface area contributed by atoms with E-state index in [1.807, 2.05) is 0 Å². The van der Waals surface area contributed by atoms with E-state index in [4.69, 9.17) is 0 Å². The van der Waals surface area contributed by atoms with Crippen LogP contribution < -0.4 is 0 Å². The summed E-state index contributed by atoms with van der Waals surface area (Å²) in [6, 6.07) is 0. The molecule has 76 valence electrons. The van der Waals surface area contributed by atoms with Crippen LogP contribution in [-0.2, 0) is 27.5 Å². The molecule has 1 rings (SSSR count). The van der Waals surface area contributed by atoms with Gasteiger partial charge >= 0.3 is 11.9 Å². The van der Waals surface area contributed by atoms with Gasteiger partial charge in [-0.2, -0.15) is 0 Å². The number of rotatable bonds is 0. The second-order valence-electron chi connectivity index (χ2n) is 2.59. The number of carbonyl (C=O) groups excluding carboxylic acids is 4. The molecule has 0 radical (unpaired) electrons. The van der Waals surface area contributed by atoms with Gasteiger partial charge in [-0.1, -0.05) is 0 Å². The summed E-state index contributed by atoms with van der Waals surface area (Å²) in [6.45, 7) is 0. The molecule has 1 saturated heterocycles. The van der Waals surface area contributed by atoms with Crippen molar-refractivity contribution in [2.75, 3.05) is 0 Å². The van der Waals surface area contributed by atoms with Gasteiger partial charge in [-0.05, 0) is 0 Å². The van der Waals surface area contributed by atoms with E-state index < -0.39 is 42.8 Å². The van der Waals surface area contributed by atoms with Gasteiger partial charge < -0.3 is 8.37 Å². The summed E-state index contributed by atoms with van der Waals surface area (Å²) in [7, 11) is 0. The molecule has 0 bridgehead atoms. The van der Waals surface area contributed by atoms with Crippen LogP contribution in [0.15, 0.2) is 0 Å². The van der Waals surface area contributed by atoms with Crippen molar-refractivity contribution in [2.24, 2.45) is 0 Å². The number of hydrogen-bond acceptors (Lipinski definition) is 7. The second kappa shape index (κ2) is 4.75. The zero-order valence-electron chi connectivity index (χ0n) is 6.98. The lowest BCUT2D eigenvalue weighted by Gasteiger charge is -2.04. The predicted molar refractivity (Wildman–Crippen MR) is 43.6 cm³/mol. The second-order valence-corrected chi connectivity index (χ2v) is 3.06. The monoisotopic (exact) mass is 218 g/mol. The number of Topliss-reactive ketones (excluding diaryl/α,β-unsaturated/α-hetero) is 2. The molecule has 0 unspecified atom stereocenters. The number of ketones is 2. The van der Waals surface area contributed by atoms with E-state index in [0.29, 0.717) is 0 Å². The van der Waals surface area contributed by atoms with Gasteiger partial charge in [0.25, 0.3) is 12.3 Å². The first kappa shape index (κ1) is 10.7. The van der Waals surface area contributed by atoms with Crippen molar-refractivity contribution in [1.82, 2.24) is 0 Å². The first-order valence-corrected chi connectivity index (χ1v) is 4.35. The lowest BCUT2D eigenvalue weighted by atomic mass is 10.1. The average Bonchev–Trinajstić information content (AvgIpc) is 2.01. The van der Waals surface area contributed by atoms with Crippen molar-refractivity contribution in [3.05, 3.63) is 0 Å². The van der Waals surface area contributed by atoms with Gasteiger partial charge in [0.05, 0.1) is 6.42 Å². The maximum absolute atomic E-state index is 10.9. The van der Waals surface area contributed by atoms with Crippen LogP contribution in [0.4, 0.5) is 0 Å². The Labute approximate surface area is 83.3 Å². The zero-order valence-corrected chi connectivity index (χ0v) is 7.80. The van der Waals surface area contributed by atoms with Gasteiger partial charge in [-0.25, -0.2) is 0 Å². The molecule has 1 aliphatic heterocycles. The summed E-state index contributed by atoms with van der Waals surface area (Å²) in [4.78, 5) is 43.4. The Bertz CT molecular complexity index is 269. The molecular formula is C7H6O6S. The molecule has 0 amide bonds. The third-order valence-corrected chi connectivity index (χ3v) is 1.84. The highest BCUT2D eigenvalue weighted by Crippen LogP contribution is 2.11. The molecule has 0 aromatic rings. The van der Waals surface area contributed by atoms with Gasteiger partial charge in [-0.3, -0.25) is 19.2 Å². The molecule has 0 atom stereocenters. The summed E-state index contributed by atoms with van der Waals surface area (Å²) >= 11 is 0.168. The first-order valence-electron chi connectivity index (χ1n) is 3.68. The molecule has 0 aromatic carbocycles. The highest BCUT2D eigenvalue weighted by molar-refractivity contribution is 7.90. The summed E-state index contributed by atoms with van der Waals surface area (Å²) in [5, 5.41) is 0. The van der Waals surface area contributed by atoms with E-state index in [0.717, 1.165) is 0 Å². The molecule has 0 spiro atoms. The van der Waals surface area contributed by atoms with Crippen LogP contribution >= 0.6 is 12.3 Å². The predicted octanol–water partition coefficient (Wildman–Crippen LogP) is -0.0419. The van der Waals surface area contributed by atoms with E-state index in [9.17, 15) is 19.2 Å². The Morgan fingerprint density at radius 1 is 0.786 bits per heavy atom. The Balaban J connectivity index is 2.62. The number of carbonyl (C=O) groups is 4. The van der Waals surface area contributed by atoms with Gasteiger partial charge in [0, 0.05) is 0 Å². The Morgan fingerprint density at radius 2 is 1.21 bits per heavy atom. The Hall–Kier alpha value is -1.37. The number of hydrogen-bond donors (Lipinski definition) is 0. The summed E-state index contributed by atoms with van der Waals surface area (Å²) in [5.41, 5.74) is 0. The van der Waals surface area contributed by atoms with Crippen LogP contribution in [0.25, 0.3) is 0 Å². The van der Waals surface area contributed by atoms with Gasteiger partial charge in [0.15, 0.2) is 11.6 Å². The van der Waals surface area contributed by atoms with E-state index in [1.54, 1.807) is 0 Å². The van der Waals surface area contributed by atoms with Crippen LogP contribution in [0.2, 0.25) is 0 Å². The van der Waals surface area contributed by atoms with Crippen LogP contribution in [0.5, 0.6) is 0 Å². The topological polar surface area (TPSA) is 86.7 Å². The van der Waals surface area contributed by atoms with Crippen molar-refractivity contribution < 1.29 is 27.5 Å². The first-order chi connectivity index (χ1) is 6.58. The van der Waals surface area contributed by atoms with Gasteiger partial charge in [-0.15, -0.1) is 0 Å². The molecule has 1 fully saturated rings. The quantitative estimate of drug-likeness (QED) is 0.416. The average molecular weight is 218 g/mol. The molecule has 1 heterocycles. The smallest absolute Gasteiger partial charge is 0.328 e. The summed E-state index contributed by atoms with van der Waals surface area (Å²) in [6.07, 6.45) is -1.39. The fourth-order valence-electron chi connectivity index (χ4n) is 0.819. The highest BCUT2D eigenvalue weighted by Gasteiger charge is 2.21.